The summed E-state index contributed by atoms with van der Waals surface area (Å²) in [7, 11) is 0. The fourth-order valence-corrected chi connectivity index (χ4v) is 4.52. The summed E-state index contributed by atoms with van der Waals surface area (Å²) in [4.78, 5) is 35.2. The molecule has 4 N–H and O–H groups in total. The molecule has 0 bridgehead atoms. The number of nitro benzene ring substituents is 1. The molecule has 8 nitrogen and oxygen atoms in total. The Morgan fingerprint density at radius 3 is 2.82 bits per heavy atom. The molecule has 1 heterocycles. The van der Waals surface area contributed by atoms with Crippen molar-refractivity contribution in [2.75, 3.05) is 5.32 Å². The molecule has 10 heteroatoms. The van der Waals surface area contributed by atoms with E-state index in [1.165, 1.54) is 41.7 Å². The predicted molar refractivity (Wildman–Crippen MR) is 111 cm³/mol. The topological polar surface area (TPSA) is 127 Å². The number of aryl methyl sites for hydroxylation is 1. The molecule has 1 aliphatic carbocycles. The summed E-state index contributed by atoms with van der Waals surface area (Å²) in [5, 5.41) is 16.7. The van der Waals surface area contributed by atoms with Crippen LogP contribution in [0.5, 0.6) is 0 Å². The van der Waals surface area contributed by atoms with Crippen molar-refractivity contribution in [1.82, 2.24) is 5.32 Å². The van der Waals surface area contributed by atoms with Crippen LogP contribution in [0.2, 0.25) is 0 Å². The number of nitrogens with zero attached hydrogens (tertiary/aromatic N) is 1. The number of hydrogen-bond donors (Lipinski definition) is 3. The van der Waals surface area contributed by atoms with Crippen LogP contribution in [0.15, 0.2) is 30.3 Å². The van der Waals surface area contributed by atoms with Gasteiger partial charge in [0.05, 0.1) is 10.5 Å². The second-order valence-corrected chi connectivity index (χ2v) is 7.57. The normalized spacial score (nSPS) is 12.6. The minimum atomic E-state index is -0.526. The molecule has 0 aliphatic heterocycles. The van der Waals surface area contributed by atoms with Crippen molar-refractivity contribution in [3.05, 3.63) is 62.0 Å². The van der Waals surface area contributed by atoms with Crippen LogP contribution in [0, 0.1) is 10.1 Å². The zero-order chi connectivity index (χ0) is 20.3. The van der Waals surface area contributed by atoms with E-state index in [0.29, 0.717) is 16.1 Å². The van der Waals surface area contributed by atoms with Gasteiger partial charge in [0.1, 0.15) is 5.00 Å². The van der Waals surface area contributed by atoms with Crippen LogP contribution in [-0.2, 0) is 17.6 Å². The number of nitro groups is 1. The Morgan fingerprint density at radius 1 is 1.32 bits per heavy atom. The van der Waals surface area contributed by atoms with Crippen LogP contribution in [-0.4, -0.2) is 21.9 Å². The fraction of sp³-hybridized carbons (Fsp3) is 0.167. The van der Waals surface area contributed by atoms with Gasteiger partial charge in [-0.15, -0.1) is 11.3 Å². The van der Waals surface area contributed by atoms with E-state index in [0.717, 1.165) is 29.7 Å². The smallest absolute Gasteiger partial charge is 0.270 e. The van der Waals surface area contributed by atoms with Gasteiger partial charge < -0.3 is 11.1 Å². The molecule has 1 aliphatic rings. The van der Waals surface area contributed by atoms with E-state index in [9.17, 15) is 19.7 Å². The number of carbonyl (C=O) groups excluding carboxylic acids is 2. The van der Waals surface area contributed by atoms with Crippen LogP contribution in [0.3, 0.4) is 0 Å². The number of thiocarbonyl (C=S) groups is 1. The number of anilines is 1. The number of non-ortho nitro benzene ring substituents is 1. The standard InChI is InChI=1S/C18H16N4O4S2/c19-16(24)15-12-5-2-6-13(12)28-17(15)21-18(27)20-14(23)8-7-10-3-1-4-11(9-10)22(25)26/h1,3-4,7-9H,2,5-6H2,(H2,19,24)(H2,20,21,23,27). The molecule has 28 heavy (non-hydrogen) atoms. The summed E-state index contributed by atoms with van der Waals surface area (Å²) < 4.78 is 0. The molecule has 0 atom stereocenters. The lowest BCUT2D eigenvalue weighted by Crippen LogP contribution is -2.33. The lowest BCUT2D eigenvalue weighted by molar-refractivity contribution is -0.384. The Morgan fingerprint density at radius 2 is 2.11 bits per heavy atom. The number of fused-ring (bicyclic) bond motifs is 1. The highest BCUT2D eigenvalue weighted by atomic mass is 32.1. The number of nitrogens with two attached hydrogens (primary N) is 1. The molecule has 3 rings (SSSR count). The summed E-state index contributed by atoms with van der Waals surface area (Å²) in [6.07, 6.45) is 5.35. The lowest BCUT2D eigenvalue weighted by Gasteiger charge is -2.08. The third-order valence-corrected chi connectivity index (χ3v) is 5.55. The first-order valence-electron chi connectivity index (χ1n) is 8.34. The number of thiophene rings is 1. The Bertz CT molecular complexity index is 1010. The molecule has 2 aromatic rings. The van der Waals surface area contributed by atoms with Crippen molar-refractivity contribution in [1.29, 1.82) is 0 Å². The average molecular weight is 416 g/mol. The van der Waals surface area contributed by atoms with Crippen LogP contribution >= 0.6 is 23.6 Å². The maximum atomic E-state index is 12.0. The van der Waals surface area contributed by atoms with E-state index in [2.05, 4.69) is 10.6 Å². The van der Waals surface area contributed by atoms with Gasteiger partial charge in [0.15, 0.2) is 5.11 Å². The zero-order valence-corrected chi connectivity index (χ0v) is 16.2. The van der Waals surface area contributed by atoms with Gasteiger partial charge in [-0.25, -0.2) is 0 Å². The van der Waals surface area contributed by atoms with Gasteiger partial charge >= 0.3 is 0 Å². The van der Waals surface area contributed by atoms with E-state index in [-0.39, 0.29) is 10.8 Å². The average Bonchev–Trinajstić information content (AvgIpc) is 3.20. The van der Waals surface area contributed by atoms with Gasteiger partial charge in [-0.1, -0.05) is 12.1 Å². The lowest BCUT2D eigenvalue weighted by atomic mass is 10.1. The SMILES string of the molecule is NC(=O)c1c(NC(=S)NC(=O)C=Cc2cccc([N+](=O)[O-])c2)sc2c1CCC2. The van der Waals surface area contributed by atoms with Crippen LogP contribution < -0.4 is 16.4 Å². The zero-order valence-electron chi connectivity index (χ0n) is 14.6. The van der Waals surface area contributed by atoms with Crippen LogP contribution in [0.25, 0.3) is 6.08 Å². The van der Waals surface area contributed by atoms with Crippen LogP contribution in [0.1, 0.15) is 32.8 Å². The molecule has 1 aromatic carbocycles. The molecular weight excluding hydrogens is 400 g/mol. The largest absolute Gasteiger partial charge is 0.365 e. The van der Waals surface area contributed by atoms with Gasteiger partial charge in [0, 0.05) is 23.1 Å². The van der Waals surface area contributed by atoms with Gasteiger partial charge in [-0.05, 0) is 48.7 Å². The monoisotopic (exact) mass is 416 g/mol. The Labute approximate surface area is 169 Å². The third-order valence-electron chi connectivity index (χ3n) is 4.14. The van der Waals surface area contributed by atoms with E-state index in [1.807, 2.05) is 0 Å². The van der Waals surface area contributed by atoms with Crippen molar-refractivity contribution < 1.29 is 14.5 Å². The molecule has 1 aromatic heterocycles. The Hall–Kier alpha value is -3.11. The van der Waals surface area contributed by atoms with Crippen molar-refractivity contribution in [3.63, 3.8) is 0 Å². The number of carbonyl (C=O) groups is 2. The molecule has 144 valence electrons. The highest BCUT2D eigenvalue weighted by molar-refractivity contribution is 7.80. The first-order chi connectivity index (χ1) is 13.3. The maximum absolute atomic E-state index is 12.0. The molecule has 0 unspecified atom stereocenters. The maximum Gasteiger partial charge on any atom is 0.270 e. The van der Waals surface area contributed by atoms with Gasteiger partial charge in [0.2, 0.25) is 5.91 Å². The fourth-order valence-electron chi connectivity index (χ4n) is 2.95. The minimum Gasteiger partial charge on any atom is -0.365 e. The molecule has 0 saturated heterocycles. The summed E-state index contributed by atoms with van der Waals surface area (Å²) >= 11 is 6.55. The highest BCUT2D eigenvalue weighted by Gasteiger charge is 2.25. The number of rotatable bonds is 5. The molecule has 0 fully saturated rings. The number of benzene rings is 1. The summed E-state index contributed by atoms with van der Waals surface area (Å²) in [6, 6.07) is 5.89. The van der Waals surface area contributed by atoms with E-state index in [1.54, 1.807) is 6.07 Å². The van der Waals surface area contributed by atoms with Gasteiger partial charge in [-0.3, -0.25) is 25.0 Å². The van der Waals surface area contributed by atoms with Crippen molar-refractivity contribution in [3.8, 4) is 0 Å². The highest BCUT2D eigenvalue weighted by Crippen LogP contribution is 2.38. The molecule has 0 radical (unpaired) electrons. The molecule has 0 saturated carbocycles. The van der Waals surface area contributed by atoms with E-state index in [4.69, 9.17) is 18.0 Å². The third kappa shape index (κ3) is 4.41. The minimum absolute atomic E-state index is 0.0381. The Kier molecular flexibility index (Phi) is 5.81. The molecule has 0 spiro atoms. The summed E-state index contributed by atoms with van der Waals surface area (Å²) in [6.45, 7) is 0. The summed E-state index contributed by atoms with van der Waals surface area (Å²) in [5.41, 5.74) is 7.33. The molecular formula is C18H16N4O4S2. The quantitative estimate of drug-likeness (QED) is 0.298. The van der Waals surface area contributed by atoms with Crippen molar-refractivity contribution >= 4 is 57.2 Å². The van der Waals surface area contributed by atoms with Gasteiger partial charge in [0.25, 0.3) is 11.6 Å². The Balaban J connectivity index is 1.64. The van der Waals surface area contributed by atoms with E-state index >= 15 is 0 Å². The first-order valence-corrected chi connectivity index (χ1v) is 9.56. The van der Waals surface area contributed by atoms with Crippen molar-refractivity contribution in [2.24, 2.45) is 5.73 Å². The number of nitrogens with one attached hydrogen (secondary N) is 2. The number of primary amides is 1. The number of amides is 2. The van der Waals surface area contributed by atoms with Crippen LogP contribution in [0.4, 0.5) is 10.7 Å². The number of hydrogen-bond acceptors (Lipinski definition) is 6. The van der Waals surface area contributed by atoms with Crippen molar-refractivity contribution in [2.45, 2.75) is 19.3 Å². The van der Waals surface area contributed by atoms with E-state index < -0.39 is 16.7 Å². The molecule has 2 amide bonds. The predicted octanol–water partition coefficient (Wildman–Crippen LogP) is 2.77. The second kappa shape index (κ2) is 8.28. The van der Waals surface area contributed by atoms with Gasteiger partial charge in [-0.2, -0.15) is 0 Å². The first kappa shape index (κ1) is 19.6. The second-order valence-electron chi connectivity index (χ2n) is 6.05. The summed E-state index contributed by atoms with van der Waals surface area (Å²) in [5.74, 6) is -1.03.